The van der Waals surface area contributed by atoms with Crippen LogP contribution in [0.5, 0.6) is 5.75 Å². The highest BCUT2D eigenvalue weighted by Gasteiger charge is 2.12. The van der Waals surface area contributed by atoms with Gasteiger partial charge in [-0.3, -0.25) is 9.59 Å². The van der Waals surface area contributed by atoms with E-state index >= 15 is 0 Å². The van der Waals surface area contributed by atoms with Gasteiger partial charge in [0.1, 0.15) is 5.75 Å². The molecule has 0 aliphatic carbocycles. The molecule has 6 nitrogen and oxygen atoms in total. The Morgan fingerprint density at radius 3 is 2.27 bits per heavy atom. The highest BCUT2D eigenvalue weighted by molar-refractivity contribution is 9.11. The maximum absolute atomic E-state index is 12.3. The quantitative estimate of drug-likeness (QED) is 0.233. The Morgan fingerprint density at radius 2 is 1.64 bits per heavy atom. The summed E-state index contributed by atoms with van der Waals surface area (Å²) in [4.78, 5) is 24.5. The number of anilines is 1. The van der Waals surface area contributed by atoms with Crippen LogP contribution in [0, 0.1) is 13.8 Å². The molecule has 33 heavy (non-hydrogen) atoms. The molecular weight excluding hydrogens is 618 g/mol. The number of nitrogens with one attached hydrogen (secondary N) is 2. The minimum absolute atomic E-state index is 0.152. The van der Waals surface area contributed by atoms with Gasteiger partial charge in [-0.15, -0.1) is 0 Å². The highest BCUT2D eigenvalue weighted by atomic mass is 79.9. The number of carbonyl (C=O) groups excluding carboxylic acids is 2. The summed E-state index contributed by atoms with van der Waals surface area (Å²) in [6.45, 7) is 3.79. The van der Waals surface area contributed by atoms with Crippen molar-refractivity contribution in [3.8, 4) is 5.75 Å². The maximum atomic E-state index is 12.3. The Hall–Kier alpha value is -2.49. The standard InChI is InChI=1S/C24H20Br3N3O3/c1-14-3-8-21(15(2)9-14)29-22(31)13-33-23-19(26)10-16(11-20(23)27)12-28-30-24(32)17-4-6-18(25)7-5-17/h3-12H,13H2,1-2H3,(H,29,31)(H,30,32)/b28-12+. The number of aryl methyl sites for hydroxylation is 2. The van der Waals surface area contributed by atoms with Crippen LogP contribution in [0.3, 0.4) is 0 Å². The normalized spacial score (nSPS) is 10.8. The number of halogens is 3. The number of hydrazone groups is 1. The van der Waals surface area contributed by atoms with Crippen molar-refractivity contribution in [2.45, 2.75) is 13.8 Å². The fourth-order valence-corrected chi connectivity index (χ4v) is 4.62. The van der Waals surface area contributed by atoms with Gasteiger partial charge in [-0.1, -0.05) is 33.6 Å². The van der Waals surface area contributed by atoms with Crippen molar-refractivity contribution in [1.82, 2.24) is 5.43 Å². The molecule has 9 heteroatoms. The predicted molar refractivity (Wildman–Crippen MR) is 141 cm³/mol. The fourth-order valence-electron chi connectivity index (χ4n) is 2.90. The van der Waals surface area contributed by atoms with Crippen LogP contribution in [0.15, 0.2) is 73.1 Å². The van der Waals surface area contributed by atoms with Gasteiger partial charge >= 0.3 is 0 Å². The molecule has 3 rings (SSSR count). The summed E-state index contributed by atoms with van der Waals surface area (Å²) in [7, 11) is 0. The van der Waals surface area contributed by atoms with E-state index < -0.39 is 0 Å². The lowest BCUT2D eigenvalue weighted by molar-refractivity contribution is -0.118. The number of carbonyl (C=O) groups is 2. The summed E-state index contributed by atoms with van der Waals surface area (Å²) >= 11 is 10.3. The van der Waals surface area contributed by atoms with Crippen molar-refractivity contribution in [3.05, 3.63) is 90.3 Å². The number of hydrogen-bond donors (Lipinski definition) is 2. The molecule has 0 aliphatic rings. The third-order valence-electron chi connectivity index (χ3n) is 4.51. The third kappa shape index (κ3) is 7.25. The van der Waals surface area contributed by atoms with Crippen LogP contribution in [0.2, 0.25) is 0 Å². The molecular formula is C24H20Br3N3O3. The second-order valence-corrected chi connectivity index (χ2v) is 9.80. The van der Waals surface area contributed by atoms with Gasteiger partial charge in [0.15, 0.2) is 6.61 Å². The van der Waals surface area contributed by atoms with E-state index in [-0.39, 0.29) is 18.4 Å². The monoisotopic (exact) mass is 635 g/mol. The molecule has 0 fully saturated rings. The van der Waals surface area contributed by atoms with E-state index in [0.29, 0.717) is 20.3 Å². The van der Waals surface area contributed by atoms with Gasteiger partial charge in [0.05, 0.1) is 15.2 Å². The van der Waals surface area contributed by atoms with Crippen molar-refractivity contribution in [2.75, 3.05) is 11.9 Å². The summed E-state index contributed by atoms with van der Waals surface area (Å²) in [6.07, 6.45) is 1.52. The van der Waals surface area contributed by atoms with E-state index in [2.05, 4.69) is 63.6 Å². The molecule has 0 aromatic heterocycles. The molecule has 0 saturated carbocycles. The zero-order valence-corrected chi connectivity index (χ0v) is 22.5. The smallest absolute Gasteiger partial charge is 0.271 e. The van der Waals surface area contributed by atoms with E-state index in [9.17, 15) is 9.59 Å². The Labute approximate surface area is 217 Å². The third-order valence-corrected chi connectivity index (χ3v) is 6.22. The summed E-state index contributed by atoms with van der Waals surface area (Å²) in [6, 6.07) is 16.3. The first-order valence-corrected chi connectivity index (χ1v) is 12.2. The van der Waals surface area contributed by atoms with Gasteiger partial charge in [0.25, 0.3) is 11.8 Å². The summed E-state index contributed by atoms with van der Waals surface area (Å²) in [5.74, 6) is -0.0875. The van der Waals surface area contributed by atoms with Crippen molar-refractivity contribution >= 4 is 71.5 Å². The van der Waals surface area contributed by atoms with E-state index in [1.54, 1.807) is 36.4 Å². The summed E-state index contributed by atoms with van der Waals surface area (Å²) in [5, 5.41) is 6.86. The molecule has 0 atom stereocenters. The number of amides is 2. The van der Waals surface area contributed by atoms with E-state index in [4.69, 9.17) is 4.74 Å². The Kier molecular flexibility index (Phi) is 8.82. The topological polar surface area (TPSA) is 79.8 Å². The van der Waals surface area contributed by atoms with Crippen LogP contribution in [-0.4, -0.2) is 24.6 Å². The first kappa shape index (κ1) is 25.1. The van der Waals surface area contributed by atoms with Crippen LogP contribution in [-0.2, 0) is 4.79 Å². The molecule has 0 radical (unpaired) electrons. The SMILES string of the molecule is Cc1ccc(NC(=O)COc2c(Br)cc(/C=N/NC(=O)c3ccc(Br)cc3)cc2Br)c(C)c1. The fraction of sp³-hybridized carbons (Fsp3) is 0.125. The minimum Gasteiger partial charge on any atom is -0.481 e. The van der Waals surface area contributed by atoms with Gasteiger partial charge in [0, 0.05) is 15.7 Å². The molecule has 0 saturated heterocycles. The highest BCUT2D eigenvalue weighted by Crippen LogP contribution is 2.34. The molecule has 170 valence electrons. The predicted octanol–water partition coefficient (Wildman–Crippen LogP) is 6.37. The number of hydrogen-bond acceptors (Lipinski definition) is 4. The average Bonchev–Trinajstić information content (AvgIpc) is 2.75. The molecule has 0 spiro atoms. The molecule has 3 aromatic rings. The summed E-state index contributed by atoms with van der Waals surface area (Å²) in [5.41, 5.74) is 6.58. The molecule has 0 unspecified atom stereocenters. The van der Waals surface area contributed by atoms with Crippen LogP contribution < -0.4 is 15.5 Å². The van der Waals surface area contributed by atoms with E-state index in [0.717, 1.165) is 26.9 Å². The molecule has 3 aromatic carbocycles. The molecule has 0 aliphatic heterocycles. The lowest BCUT2D eigenvalue weighted by Gasteiger charge is -2.12. The lowest BCUT2D eigenvalue weighted by atomic mass is 10.1. The number of nitrogens with zero attached hydrogens (tertiary/aromatic N) is 1. The minimum atomic E-state index is -0.313. The van der Waals surface area contributed by atoms with Gasteiger partial charge in [-0.05, 0) is 99.3 Å². The van der Waals surface area contributed by atoms with Gasteiger partial charge < -0.3 is 10.1 Å². The van der Waals surface area contributed by atoms with Crippen LogP contribution in [0.4, 0.5) is 5.69 Å². The number of ether oxygens (including phenoxy) is 1. The number of rotatable bonds is 7. The zero-order chi connectivity index (χ0) is 24.0. The van der Waals surface area contributed by atoms with Crippen molar-refractivity contribution in [3.63, 3.8) is 0 Å². The van der Waals surface area contributed by atoms with Gasteiger partial charge in [-0.2, -0.15) is 5.10 Å². The lowest BCUT2D eigenvalue weighted by Crippen LogP contribution is -2.21. The van der Waals surface area contributed by atoms with Crippen LogP contribution in [0.1, 0.15) is 27.0 Å². The van der Waals surface area contributed by atoms with Crippen molar-refractivity contribution in [2.24, 2.45) is 5.10 Å². The maximum Gasteiger partial charge on any atom is 0.271 e. The molecule has 2 amide bonds. The largest absolute Gasteiger partial charge is 0.481 e. The number of benzene rings is 3. The Balaban J connectivity index is 1.58. The molecule has 2 N–H and O–H groups in total. The first-order chi connectivity index (χ1) is 15.7. The summed E-state index contributed by atoms with van der Waals surface area (Å²) < 4.78 is 7.87. The van der Waals surface area contributed by atoms with E-state index in [1.807, 2.05) is 32.0 Å². The first-order valence-electron chi connectivity index (χ1n) is 9.81. The van der Waals surface area contributed by atoms with E-state index in [1.165, 1.54) is 6.21 Å². The van der Waals surface area contributed by atoms with Crippen molar-refractivity contribution in [1.29, 1.82) is 0 Å². The Bertz CT molecular complexity index is 1190. The van der Waals surface area contributed by atoms with Gasteiger partial charge in [0.2, 0.25) is 0 Å². The van der Waals surface area contributed by atoms with Crippen molar-refractivity contribution < 1.29 is 14.3 Å². The average molecular weight is 638 g/mol. The second-order valence-electron chi connectivity index (χ2n) is 7.17. The van der Waals surface area contributed by atoms with Crippen LogP contribution in [0.25, 0.3) is 0 Å². The molecule has 0 heterocycles. The Morgan fingerprint density at radius 1 is 0.970 bits per heavy atom. The van der Waals surface area contributed by atoms with Gasteiger partial charge in [-0.25, -0.2) is 5.43 Å². The zero-order valence-electron chi connectivity index (χ0n) is 17.8. The second kappa shape index (κ2) is 11.6. The molecule has 0 bridgehead atoms. The van der Waals surface area contributed by atoms with Crippen LogP contribution >= 0.6 is 47.8 Å².